The molecule has 0 aliphatic rings. The molecule has 0 bridgehead atoms. The molecule has 0 saturated carbocycles. The van der Waals surface area contributed by atoms with E-state index in [-0.39, 0.29) is 11.8 Å². The van der Waals surface area contributed by atoms with Crippen molar-refractivity contribution >= 4 is 21.8 Å². The van der Waals surface area contributed by atoms with Crippen LogP contribution < -0.4 is 10.0 Å². The van der Waals surface area contributed by atoms with Crippen molar-refractivity contribution in [2.75, 3.05) is 18.6 Å². The van der Waals surface area contributed by atoms with Gasteiger partial charge >= 0.3 is 0 Å². The van der Waals surface area contributed by atoms with Gasteiger partial charge in [0.1, 0.15) is 0 Å². The van der Waals surface area contributed by atoms with Crippen molar-refractivity contribution < 1.29 is 8.42 Å². The zero-order valence-electron chi connectivity index (χ0n) is 13.1. The first-order valence-corrected chi connectivity index (χ1v) is 10.3. The predicted molar refractivity (Wildman–Crippen MR) is 92.0 cm³/mol. The highest BCUT2D eigenvalue weighted by atomic mass is 32.2. The van der Waals surface area contributed by atoms with Gasteiger partial charge in [-0.1, -0.05) is 31.2 Å². The van der Waals surface area contributed by atoms with Crippen molar-refractivity contribution in [3.8, 4) is 0 Å². The lowest BCUT2D eigenvalue weighted by molar-refractivity contribution is 0.570. The largest absolute Gasteiger partial charge is 0.313 e. The van der Waals surface area contributed by atoms with E-state index in [9.17, 15) is 8.42 Å². The lowest BCUT2D eigenvalue weighted by Gasteiger charge is -2.13. The predicted octanol–water partition coefficient (Wildman–Crippen LogP) is 2.36. The van der Waals surface area contributed by atoms with Gasteiger partial charge in [0.15, 0.2) is 0 Å². The average Bonchev–Trinajstić information content (AvgIpc) is 2.38. The zero-order chi connectivity index (χ0) is 15.7. The average molecular weight is 331 g/mol. The maximum absolute atomic E-state index is 12.1. The van der Waals surface area contributed by atoms with Gasteiger partial charge in [-0.2, -0.15) is 11.8 Å². The van der Waals surface area contributed by atoms with E-state index >= 15 is 0 Å². The minimum Gasteiger partial charge on any atom is -0.313 e. The second kappa shape index (κ2) is 9.46. The van der Waals surface area contributed by atoms with Crippen LogP contribution in [0.4, 0.5) is 0 Å². The molecule has 2 N–H and O–H groups in total. The fraction of sp³-hybridized carbons (Fsp3) is 0.600. The third-order valence-electron chi connectivity index (χ3n) is 2.90. The molecule has 1 aromatic carbocycles. The first-order valence-electron chi connectivity index (χ1n) is 7.24. The fourth-order valence-electron chi connectivity index (χ4n) is 2.09. The zero-order valence-corrected chi connectivity index (χ0v) is 14.7. The van der Waals surface area contributed by atoms with Crippen molar-refractivity contribution in [1.82, 2.24) is 10.0 Å². The maximum atomic E-state index is 12.1. The molecule has 1 atom stereocenters. The lowest BCUT2D eigenvalue weighted by Crippen LogP contribution is -2.35. The molecule has 0 heterocycles. The molecule has 0 amide bonds. The molecule has 0 spiro atoms. The Labute approximate surface area is 133 Å². The molecular formula is C15H26N2O2S2. The van der Waals surface area contributed by atoms with Crippen LogP contribution in [0.3, 0.4) is 0 Å². The summed E-state index contributed by atoms with van der Waals surface area (Å²) in [6.07, 6.45) is 3.06. The maximum Gasteiger partial charge on any atom is 0.216 e. The summed E-state index contributed by atoms with van der Waals surface area (Å²) in [7, 11) is -3.28. The summed E-state index contributed by atoms with van der Waals surface area (Å²) in [6.45, 7) is 5.75. The smallest absolute Gasteiger partial charge is 0.216 e. The van der Waals surface area contributed by atoms with E-state index in [1.54, 1.807) is 11.8 Å². The number of hydrogen-bond donors (Lipinski definition) is 2. The molecule has 120 valence electrons. The molecule has 1 unspecified atom stereocenters. The summed E-state index contributed by atoms with van der Waals surface area (Å²) in [5.74, 6) is 0.813. The minimum absolute atomic E-state index is 0.0351. The van der Waals surface area contributed by atoms with Gasteiger partial charge in [-0.15, -0.1) is 0 Å². The summed E-state index contributed by atoms with van der Waals surface area (Å²) in [5, 5.41) is 3.32. The second-order valence-electron chi connectivity index (χ2n) is 5.23. The first kappa shape index (κ1) is 18.5. The van der Waals surface area contributed by atoms with E-state index in [1.807, 2.05) is 37.4 Å². The van der Waals surface area contributed by atoms with Crippen LogP contribution in [-0.2, 0) is 22.3 Å². The van der Waals surface area contributed by atoms with E-state index in [2.05, 4.69) is 17.0 Å². The monoisotopic (exact) mass is 330 g/mol. The van der Waals surface area contributed by atoms with Crippen LogP contribution in [0.5, 0.6) is 0 Å². The normalized spacial score (nSPS) is 13.3. The number of sulfonamides is 1. The van der Waals surface area contributed by atoms with Crippen molar-refractivity contribution in [3.63, 3.8) is 0 Å². The molecule has 0 aromatic heterocycles. The fourth-order valence-corrected chi connectivity index (χ4v) is 4.18. The summed E-state index contributed by atoms with van der Waals surface area (Å²) in [5.41, 5.74) is 1.95. The molecule has 1 aromatic rings. The molecule has 1 rings (SSSR count). The van der Waals surface area contributed by atoms with Gasteiger partial charge in [0.25, 0.3) is 0 Å². The van der Waals surface area contributed by atoms with Gasteiger partial charge < -0.3 is 5.32 Å². The van der Waals surface area contributed by atoms with Crippen LogP contribution in [-0.4, -0.2) is 33.0 Å². The highest BCUT2D eigenvalue weighted by Crippen LogP contribution is 2.10. The van der Waals surface area contributed by atoms with Gasteiger partial charge in [-0.05, 0) is 37.3 Å². The van der Waals surface area contributed by atoms with Crippen LogP contribution in [0.1, 0.15) is 31.4 Å². The van der Waals surface area contributed by atoms with E-state index in [0.29, 0.717) is 0 Å². The Bertz CT molecular complexity index is 518. The second-order valence-corrected chi connectivity index (χ2v) is 7.89. The van der Waals surface area contributed by atoms with Gasteiger partial charge in [0.2, 0.25) is 10.0 Å². The quantitative estimate of drug-likeness (QED) is 0.647. The Hall–Kier alpha value is -0.560. The van der Waals surface area contributed by atoms with E-state index in [0.717, 1.165) is 36.4 Å². The van der Waals surface area contributed by atoms with Gasteiger partial charge in [-0.3, -0.25) is 0 Å². The van der Waals surface area contributed by atoms with E-state index in [4.69, 9.17) is 0 Å². The van der Waals surface area contributed by atoms with Crippen LogP contribution in [0.15, 0.2) is 24.3 Å². The number of benzene rings is 1. The Balaban J connectivity index is 2.62. The summed E-state index contributed by atoms with van der Waals surface area (Å²) in [6, 6.07) is 7.71. The van der Waals surface area contributed by atoms with Crippen LogP contribution in [0.25, 0.3) is 0 Å². The third-order valence-corrected chi connectivity index (χ3v) is 5.21. The van der Waals surface area contributed by atoms with Crippen LogP contribution in [0.2, 0.25) is 0 Å². The topological polar surface area (TPSA) is 58.2 Å². The standard InChI is InChI=1S/C15H26N2O2S2/c1-4-8-16-10-14-6-5-7-15(9-14)12-21(18,19)17-13(2)11-20-3/h5-7,9,13,16-17H,4,8,10-12H2,1-3H3. The molecule has 0 aliphatic heterocycles. The Morgan fingerprint density at radius 3 is 2.67 bits per heavy atom. The Kier molecular flexibility index (Phi) is 8.33. The highest BCUT2D eigenvalue weighted by molar-refractivity contribution is 7.98. The molecule has 0 radical (unpaired) electrons. The Morgan fingerprint density at radius 2 is 2.00 bits per heavy atom. The van der Waals surface area contributed by atoms with Crippen LogP contribution in [0, 0.1) is 0 Å². The number of thioether (sulfide) groups is 1. The molecule has 0 fully saturated rings. The lowest BCUT2D eigenvalue weighted by atomic mass is 10.1. The van der Waals surface area contributed by atoms with Gasteiger partial charge in [0, 0.05) is 18.3 Å². The molecule has 6 heteroatoms. The number of nitrogens with one attached hydrogen (secondary N) is 2. The Morgan fingerprint density at radius 1 is 1.29 bits per heavy atom. The van der Waals surface area contributed by atoms with Crippen molar-refractivity contribution in [2.24, 2.45) is 0 Å². The first-order chi connectivity index (χ1) is 9.96. The summed E-state index contributed by atoms with van der Waals surface area (Å²) >= 11 is 1.64. The van der Waals surface area contributed by atoms with Crippen LogP contribution >= 0.6 is 11.8 Å². The SMILES string of the molecule is CCCNCc1cccc(CS(=O)(=O)NC(C)CSC)c1. The summed E-state index contributed by atoms with van der Waals surface area (Å²) in [4.78, 5) is 0. The molecule has 0 aliphatic carbocycles. The van der Waals surface area contributed by atoms with Gasteiger partial charge in [-0.25, -0.2) is 13.1 Å². The highest BCUT2D eigenvalue weighted by Gasteiger charge is 2.15. The third kappa shape index (κ3) is 7.85. The minimum atomic E-state index is -3.28. The molecular weight excluding hydrogens is 304 g/mol. The summed E-state index contributed by atoms with van der Waals surface area (Å²) < 4.78 is 27.0. The van der Waals surface area contributed by atoms with E-state index in [1.165, 1.54) is 0 Å². The molecule has 21 heavy (non-hydrogen) atoms. The van der Waals surface area contributed by atoms with E-state index < -0.39 is 10.0 Å². The van der Waals surface area contributed by atoms with Crippen molar-refractivity contribution in [3.05, 3.63) is 35.4 Å². The number of hydrogen-bond acceptors (Lipinski definition) is 4. The van der Waals surface area contributed by atoms with Crippen molar-refractivity contribution in [2.45, 2.75) is 38.6 Å². The number of rotatable bonds is 10. The molecule has 4 nitrogen and oxygen atoms in total. The van der Waals surface area contributed by atoms with Crippen molar-refractivity contribution in [1.29, 1.82) is 0 Å². The van der Waals surface area contributed by atoms with Gasteiger partial charge in [0.05, 0.1) is 5.75 Å². The molecule has 0 saturated heterocycles.